The summed E-state index contributed by atoms with van der Waals surface area (Å²) in [6.07, 6.45) is 5.13. The van der Waals surface area contributed by atoms with Gasteiger partial charge >= 0.3 is 5.97 Å². The first-order chi connectivity index (χ1) is 16.4. The molecule has 6 nitrogen and oxygen atoms in total. The molecule has 2 aliphatic rings. The van der Waals surface area contributed by atoms with E-state index in [-0.39, 0.29) is 23.4 Å². The Labute approximate surface area is 209 Å². The lowest BCUT2D eigenvalue weighted by Crippen LogP contribution is -2.48. The van der Waals surface area contributed by atoms with Crippen LogP contribution in [0.1, 0.15) is 52.5 Å². The number of anilines is 1. The number of aryl methyl sites for hydroxylation is 1. The molecule has 0 saturated carbocycles. The maximum atomic E-state index is 13.4. The first-order valence-corrected chi connectivity index (χ1v) is 13.1. The van der Waals surface area contributed by atoms with E-state index in [9.17, 15) is 14.0 Å². The minimum atomic E-state index is -0.408. The van der Waals surface area contributed by atoms with E-state index in [2.05, 4.69) is 15.1 Å². The number of rotatable bonds is 7. The number of piperazine rings is 1. The zero-order valence-electron chi connectivity index (χ0n) is 19.5. The van der Waals surface area contributed by atoms with Crippen LogP contribution in [0.2, 0.25) is 5.02 Å². The second kappa shape index (κ2) is 11.6. The number of ether oxygens (including phenoxy) is 1. The maximum Gasteiger partial charge on any atom is 0.341 e. The molecule has 1 fully saturated rings. The van der Waals surface area contributed by atoms with Gasteiger partial charge in [0.1, 0.15) is 10.8 Å². The second-order valence-corrected chi connectivity index (χ2v) is 10.4. The van der Waals surface area contributed by atoms with E-state index in [1.54, 1.807) is 19.1 Å². The molecule has 0 atom stereocenters. The number of thiophene rings is 1. The average molecular weight is 508 g/mol. The molecule has 2 aromatic rings. The number of fused-ring (bicyclic) bond motifs is 1. The third-order valence-corrected chi connectivity index (χ3v) is 7.87. The number of nitrogens with one attached hydrogen (secondary N) is 1. The number of benzene rings is 1. The highest BCUT2D eigenvalue weighted by Gasteiger charge is 2.27. The van der Waals surface area contributed by atoms with Gasteiger partial charge in [-0.25, -0.2) is 9.18 Å². The summed E-state index contributed by atoms with van der Waals surface area (Å²) in [4.78, 5) is 31.2. The summed E-state index contributed by atoms with van der Waals surface area (Å²) in [5, 5.41) is 3.78. The largest absolute Gasteiger partial charge is 0.462 e. The summed E-state index contributed by atoms with van der Waals surface area (Å²) in [7, 11) is 0. The van der Waals surface area contributed by atoms with Crippen molar-refractivity contribution in [1.82, 2.24) is 9.80 Å². The van der Waals surface area contributed by atoms with Gasteiger partial charge in [0.15, 0.2) is 0 Å². The van der Waals surface area contributed by atoms with Crippen LogP contribution in [-0.2, 0) is 28.9 Å². The molecular formula is C25H31ClFN3O3S. The van der Waals surface area contributed by atoms with Crippen molar-refractivity contribution < 1.29 is 18.7 Å². The van der Waals surface area contributed by atoms with Gasteiger partial charge < -0.3 is 10.1 Å². The first-order valence-electron chi connectivity index (χ1n) is 11.9. The SMILES string of the molecule is CCOC(=O)c1c(NC(=O)CN2CCN(Cc3ccc(F)c(Cl)c3)CC2)sc2c1CCCCC2. The molecule has 1 aromatic heterocycles. The number of halogens is 2. The molecule has 184 valence electrons. The van der Waals surface area contributed by atoms with E-state index < -0.39 is 5.82 Å². The highest BCUT2D eigenvalue weighted by Crippen LogP contribution is 2.38. The van der Waals surface area contributed by atoms with Crippen molar-refractivity contribution in [2.24, 2.45) is 0 Å². The quantitative estimate of drug-likeness (QED) is 0.433. The Bertz CT molecular complexity index is 1040. The van der Waals surface area contributed by atoms with Crippen LogP contribution in [0.3, 0.4) is 0 Å². The molecule has 9 heteroatoms. The van der Waals surface area contributed by atoms with Crippen molar-refractivity contribution in [2.75, 3.05) is 44.6 Å². The van der Waals surface area contributed by atoms with Crippen LogP contribution in [0.15, 0.2) is 18.2 Å². The monoisotopic (exact) mass is 507 g/mol. The number of hydrogen-bond acceptors (Lipinski definition) is 6. The maximum absolute atomic E-state index is 13.4. The molecule has 1 aliphatic heterocycles. The van der Waals surface area contributed by atoms with Gasteiger partial charge in [-0.3, -0.25) is 14.6 Å². The smallest absolute Gasteiger partial charge is 0.341 e. The van der Waals surface area contributed by atoms with Gasteiger partial charge in [-0.1, -0.05) is 24.1 Å². The van der Waals surface area contributed by atoms with Gasteiger partial charge in [0, 0.05) is 37.6 Å². The van der Waals surface area contributed by atoms with Gasteiger partial charge in [-0.2, -0.15) is 0 Å². The van der Waals surface area contributed by atoms with E-state index in [4.69, 9.17) is 16.3 Å². The van der Waals surface area contributed by atoms with Crippen molar-refractivity contribution >= 4 is 39.8 Å². The fourth-order valence-corrected chi connectivity index (χ4v) is 6.12. The minimum absolute atomic E-state index is 0.110. The molecule has 1 aromatic carbocycles. The van der Waals surface area contributed by atoms with E-state index in [1.807, 2.05) is 0 Å². The molecule has 4 rings (SSSR count). The van der Waals surface area contributed by atoms with Crippen LogP contribution in [0.5, 0.6) is 0 Å². The number of esters is 1. The fraction of sp³-hybridized carbons (Fsp3) is 0.520. The highest BCUT2D eigenvalue weighted by atomic mass is 35.5. The lowest BCUT2D eigenvalue weighted by molar-refractivity contribution is -0.117. The van der Waals surface area contributed by atoms with Gasteiger partial charge in [-0.15, -0.1) is 11.3 Å². The van der Waals surface area contributed by atoms with Gasteiger partial charge in [0.05, 0.1) is 23.7 Å². The molecule has 1 amide bonds. The summed E-state index contributed by atoms with van der Waals surface area (Å²) in [5.41, 5.74) is 2.59. The minimum Gasteiger partial charge on any atom is -0.462 e. The molecule has 34 heavy (non-hydrogen) atoms. The normalized spacial score (nSPS) is 17.1. The predicted molar refractivity (Wildman–Crippen MR) is 133 cm³/mol. The third-order valence-electron chi connectivity index (χ3n) is 6.38. The van der Waals surface area contributed by atoms with Crippen LogP contribution in [0.4, 0.5) is 9.39 Å². The van der Waals surface area contributed by atoms with Gasteiger partial charge in [0.25, 0.3) is 0 Å². The topological polar surface area (TPSA) is 61.9 Å². The Kier molecular flexibility index (Phi) is 8.58. The average Bonchev–Trinajstić information content (AvgIpc) is 2.98. The number of carbonyl (C=O) groups is 2. The van der Waals surface area contributed by atoms with Crippen LogP contribution < -0.4 is 5.32 Å². The molecule has 1 saturated heterocycles. The van der Waals surface area contributed by atoms with Crippen molar-refractivity contribution in [3.8, 4) is 0 Å². The highest BCUT2D eigenvalue weighted by molar-refractivity contribution is 7.17. The zero-order valence-corrected chi connectivity index (χ0v) is 21.1. The lowest BCUT2D eigenvalue weighted by atomic mass is 10.1. The molecule has 1 N–H and O–H groups in total. The number of hydrogen-bond donors (Lipinski definition) is 1. The number of nitrogens with zero attached hydrogens (tertiary/aromatic N) is 2. The fourth-order valence-electron chi connectivity index (χ4n) is 4.62. The first kappa shape index (κ1) is 25.1. The second-order valence-electron chi connectivity index (χ2n) is 8.84. The van der Waals surface area contributed by atoms with E-state index in [0.717, 1.165) is 69.4 Å². The zero-order chi connectivity index (χ0) is 24.1. The van der Waals surface area contributed by atoms with Crippen LogP contribution >= 0.6 is 22.9 Å². The Morgan fingerprint density at radius 2 is 1.85 bits per heavy atom. The lowest BCUT2D eigenvalue weighted by Gasteiger charge is -2.34. The van der Waals surface area contributed by atoms with E-state index in [1.165, 1.54) is 22.3 Å². The van der Waals surface area contributed by atoms with Crippen LogP contribution in [-0.4, -0.2) is 61.0 Å². The molecule has 2 heterocycles. The number of carbonyl (C=O) groups excluding carboxylic acids is 2. The summed E-state index contributed by atoms with van der Waals surface area (Å²) in [5.74, 6) is -0.859. The standard InChI is InChI=1S/C25H31ClFN3O3S/c1-2-33-25(32)23-18-6-4-3-5-7-21(18)34-24(23)28-22(31)16-30-12-10-29(11-13-30)15-17-8-9-20(27)19(26)14-17/h8-9,14H,2-7,10-13,15-16H2,1H3,(H,28,31). The van der Waals surface area contributed by atoms with Crippen LogP contribution in [0, 0.1) is 5.82 Å². The Balaban J connectivity index is 1.33. The number of amides is 1. The Hall–Kier alpha value is -2.00. The summed E-state index contributed by atoms with van der Waals surface area (Å²) < 4.78 is 18.7. The molecule has 0 spiro atoms. The van der Waals surface area contributed by atoms with E-state index >= 15 is 0 Å². The molecule has 0 bridgehead atoms. The molecule has 0 unspecified atom stereocenters. The van der Waals surface area contributed by atoms with Crippen molar-refractivity contribution in [1.29, 1.82) is 0 Å². The summed E-state index contributed by atoms with van der Waals surface area (Å²) in [6, 6.07) is 4.82. The Morgan fingerprint density at radius 1 is 1.12 bits per heavy atom. The van der Waals surface area contributed by atoms with Gasteiger partial charge in [0.2, 0.25) is 5.91 Å². The van der Waals surface area contributed by atoms with Gasteiger partial charge in [-0.05, 0) is 55.9 Å². The predicted octanol–water partition coefficient (Wildman–Crippen LogP) is 4.74. The van der Waals surface area contributed by atoms with Crippen molar-refractivity contribution in [2.45, 2.75) is 45.6 Å². The molecule has 0 radical (unpaired) electrons. The third kappa shape index (κ3) is 6.16. The van der Waals surface area contributed by atoms with Crippen molar-refractivity contribution in [3.63, 3.8) is 0 Å². The Morgan fingerprint density at radius 3 is 2.59 bits per heavy atom. The molecule has 1 aliphatic carbocycles. The summed E-state index contributed by atoms with van der Waals surface area (Å²) >= 11 is 7.42. The summed E-state index contributed by atoms with van der Waals surface area (Å²) in [6.45, 7) is 6.22. The van der Waals surface area contributed by atoms with E-state index in [0.29, 0.717) is 23.7 Å². The molecular weight excluding hydrogens is 477 g/mol. The van der Waals surface area contributed by atoms with Crippen molar-refractivity contribution in [3.05, 3.63) is 50.6 Å². The van der Waals surface area contributed by atoms with Crippen LogP contribution in [0.25, 0.3) is 0 Å².